The summed E-state index contributed by atoms with van der Waals surface area (Å²) in [5, 5.41) is 9.79. The van der Waals surface area contributed by atoms with Crippen molar-refractivity contribution >= 4 is 5.97 Å². The molecule has 1 aliphatic rings. The van der Waals surface area contributed by atoms with Crippen LogP contribution in [0.3, 0.4) is 0 Å². The number of carboxylic acids is 1. The van der Waals surface area contributed by atoms with E-state index >= 15 is 0 Å². The topological polar surface area (TPSA) is 97.2 Å². The van der Waals surface area contributed by atoms with Crippen LogP contribution in [0, 0.1) is 0 Å². The van der Waals surface area contributed by atoms with Crippen LogP contribution in [0.25, 0.3) is 22.6 Å². The number of ether oxygens (including phenoxy) is 1. The lowest BCUT2D eigenvalue weighted by atomic mass is 10.1. The molecule has 1 fully saturated rings. The normalized spacial score (nSPS) is 14.0. The summed E-state index contributed by atoms with van der Waals surface area (Å²) in [5.74, 6) is -1.29. The van der Waals surface area contributed by atoms with Gasteiger partial charge in [-0.15, -0.1) is 13.2 Å². The molecule has 0 amide bonds. The summed E-state index contributed by atoms with van der Waals surface area (Å²) in [6.45, 7) is 0. The maximum atomic E-state index is 12.4. The number of nitrogens with one attached hydrogen (secondary N) is 1. The van der Waals surface area contributed by atoms with Crippen LogP contribution in [0.15, 0.2) is 47.4 Å². The molecule has 0 radical (unpaired) electrons. The molecule has 2 N–H and O–H groups in total. The molecule has 1 aromatic carbocycles. The predicted molar refractivity (Wildman–Crippen MR) is 95.6 cm³/mol. The number of hydrogen-bond acceptors (Lipinski definition) is 4. The largest absolute Gasteiger partial charge is 0.573 e. The second kappa shape index (κ2) is 6.80. The van der Waals surface area contributed by atoms with E-state index in [2.05, 4.69) is 14.7 Å². The van der Waals surface area contributed by atoms with Crippen molar-refractivity contribution in [1.29, 1.82) is 0 Å². The summed E-state index contributed by atoms with van der Waals surface area (Å²) in [4.78, 5) is 30.6. The Kier molecular flexibility index (Phi) is 4.40. The first kappa shape index (κ1) is 18.8. The lowest BCUT2D eigenvalue weighted by Crippen LogP contribution is -2.17. The van der Waals surface area contributed by atoms with Gasteiger partial charge in [-0.3, -0.25) is 4.79 Å². The molecular weight excluding hydrogens is 391 g/mol. The van der Waals surface area contributed by atoms with E-state index in [1.54, 1.807) is 4.57 Å². The van der Waals surface area contributed by atoms with Gasteiger partial charge in [0.05, 0.1) is 0 Å². The molecule has 2 aromatic heterocycles. The Balaban J connectivity index is 1.84. The zero-order valence-electron chi connectivity index (χ0n) is 14.7. The fourth-order valence-electron chi connectivity index (χ4n) is 3.13. The molecule has 0 spiro atoms. The van der Waals surface area contributed by atoms with Crippen LogP contribution >= 0.6 is 0 Å². The third kappa shape index (κ3) is 3.86. The van der Waals surface area contributed by atoms with Crippen LogP contribution in [0.5, 0.6) is 5.75 Å². The van der Waals surface area contributed by atoms with Crippen molar-refractivity contribution in [1.82, 2.24) is 14.5 Å². The van der Waals surface area contributed by atoms with Gasteiger partial charge >= 0.3 is 12.3 Å². The second-order valence-electron chi connectivity index (χ2n) is 6.55. The quantitative estimate of drug-likeness (QED) is 0.672. The molecule has 29 heavy (non-hydrogen) atoms. The SMILES string of the molecule is O=C(O)c1c(-c2cc[nH]c(=O)c2)nc(-c2ccc(OC(F)(F)F)cc2)n1C1CC1. The van der Waals surface area contributed by atoms with Gasteiger partial charge in [0.2, 0.25) is 5.56 Å². The molecule has 0 saturated heterocycles. The molecule has 150 valence electrons. The van der Waals surface area contributed by atoms with Gasteiger partial charge in [0.25, 0.3) is 0 Å². The van der Waals surface area contributed by atoms with Gasteiger partial charge in [-0.1, -0.05) is 0 Å². The molecule has 4 rings (SSSR count). The number of hydrogen-bond donors (Lipinski definition) is 2. The van der Waals surface area contributed by atoms with Crippen molar-refractivity contribution < 1.29 is 27.8 Å². The molecule has 1 saturated carbocycles. The maximum absolute atomic E-state index is 12.4. The number of H-pyrrole nitrogens is 1. The third-order valence-corrected chi connectivity index (χ3v) is 4.42. The van der Waals surface area contributed by atoms with Gasteiger partial charge in [0.1, 0.15) is 17.3 Å². The third-order valence-electron chi connectivity index (χ3n) is 4.42. The molecule has 0 aliphatic heterocycles. The Morgan fingerprint density at radius 3 is 2.41 bits per heavy atom. The van der Waals surface area contributed by atoms with Crippen molar-refractivity contribution in [3.63, 3.8) is 0 Å². The van der Waals surface area contributed by atoms with Crippen LogP contribution < -0.4 is 10.3 Å². The fourth-order valence-corrected chi connectivity index (χ4v) is 3.13. The van der Waals surface area contributed by atoms with E-state index in [1.807, 2.05) is 0 Å². The Bertz CT molecular complexity index is 1130. The summed E-state index contributed by atoms with van der Waals surface area (Å²) in [5.41, 5.74) is 0.425. The minimum atomic E-state index is -4.81. The molecule has 10 heteroatoms. The minimum absolute atomic E-state index is 0.0660. The number of rotatable bonds is 5. The lowest BCUT2D eigenvalue weighted by molar-refractivity contribution is -0.274. The van der Waals surface area contributed by atoms with E-state index in [1.165, 1.54) is 30.5 Å². The zero-order valence-corrected chi connectivity index (χ0v) is 14.7. The van der Waals surface area contributed by atoms with E-state index in [0.29, 0.717) is 17.0 Å². The lowest BCUT2D eigenvalue weighted by Gasteiger charge is -2.11. The highest BCUT2D eigenvalue weighted by atomic mass is 19.4. The number of aromatic nitrogens is 3. The second-order valence-corrected chi connectivity index (χ2v) is 6.55. The highest BCUT2D eigenvalue weighted by Gasteiger charge is 2.34. The van der Waals surface area contributed by atoms with Crippen molar-refractivity contribution in [2.24, 2.45) is 0 Å². The van der Waals surface area contributed by atoms with Crippen LogP contribution in [-0.2, 0) is 0 Å². The summed E-state index contributed by atoms with van der Waals surface area (Å²) in [6, 6.07) is 7.76. The molecule has 0 bridgehead atoms. The van der Waals surface area contributed by atoms with Gasteiger partial charge in [-0.05, 0) is 43.2 Å². The average molecular weight is 405 g/mol. The summed E-state index contributed by atoms with van der Waals surface area (Å²) in [6.07, 6.45) is -1.90. The molecule has 0 unspecified atom stereocenters. The summed E-state index contributed by atoms with van der Waals surface area (Å²) < 4.78 is 42.6. The predicted octanol–water partition coefficient (Wildman–Crippen LogP) is 3.84. The first-order chi connectivity index (χ1) is 13.7. The van der Waals surface area contributed by atoms with Gasteiger partial charge in [0.15, 0.2) is 5.69 Å². The average Bonchev–Trinajstić information content (AvgIpc) is 3.40. The number of imidazole rings is 1. The van der Waals surface area contributed by atoms with Crippen molar-refractivity contribution in [2.75, 3.05) is 0 Å². The number of benzene rings is 1. The van der Waals surface area contributed by atoms with E-state index in [0.717, 1.165) is 25.0 Å². The molecule has 1 aliphatic carbocycles. The van der Waals surface area contributed by atoms with Crippen LogP contribution in [-0.4, -0.2) is 32.0 Å². The highest BCUT2D eigenvalue weighted by Crippen LogP contribution is 2.42. The summed E-state index contributed by atoms with van der Waals surface area (Å²) >= 11 is 0. The minimum Gasteiger partial charge on any atom is -0.477 e. The number of alkyl halides is 3. The fraction of sp³-hybridized carbons (Fsp3) is 0.211. The van der Waals surface area contributed by atoms with Gasteiger partial charge in [-0.25, -0.2) is 9.78 Å². The Morgan fingerprint density at radius 1 is 1.17 bits per heavy atom. The molecule has 2 heterocycles. The molecule has 3 aromatic rings. The van der Waals surface area contributed by atoms with Gasteiger partial charge in [0, 0.05) is 29.4 Å². The highest BCUT2D eigenvalue weighted by molar-refractivity contribution is 5.94. The van der Waals surface area contributed by atoms with Crippen molar-refractivity contribution in [3.8, 4) is 28.4 Å². The number of aromatic amines is 1. The molecular formula is C19H14F3N3O4. The first-order valence-corrected chi connectivity index (χ1v) is 8.64. The van der Waals surface area contributed by atoms with Crippen molar-refractivity contribution in [3.05, 3.63) is 58.6 Å². The van der Waals surface area contributed by atoms with E-state index in [4.69, 9.17) is 0 Å². The Morgan fingerprint density at radius 2 is 1.86 bits per heavy atom. The molecule has 0 atom stereocenters. The molecule has 7 nitrogen and oxygen atoms in total. The zero-order chi connectivity index (χ0) is 20.8. The monoisotopic (exact) mass is 405 g/mol. The van der Waals surface area contributed by atoms with Crippen LogP contribution in [0.2, 0.25) is 0 Å². The number of carboxylic acid groups (broad SMARTS) is 1. The van der Waals surface area contributed by atoms with E-state index < -0.39 is 17.9 Å². The smallest absolute Gasteiger partial charge is 0.477 e. The first-order valence-electron chi connectivity index (χ1n) is 8.64. The van der Waals surface area contributed by atoms with Crippen molar-refractivity contribution in [2.45, 2.75) is 25.2 Å². The summed E-state index contributed by atoms with van der Waals surface area (Å²) in [7, 11) is 0. The number of carbonyl (C=O) groups is 1. The number of halogens is 3. The Labute approximate surface area is 161 Å². The number of aromatic carboxylic acids is 1. The maximum Gasteiger partial charge on any atom is 0.573 e. The number of nitrogens with zero attached hydrogens (tertiary/aromatic N) is 2. The van der Waals surface area contributed by atoms with E-state index in [-0.39, 0.29) is 23.2 Å². The van der Waals surface area contributed by atoms with E-state index in [9.17, 15) is 27.9 Å². The Hall–Kier alpha value is -3.56. The standard InChI is InChI=1S/C19H14F3N3O4/c20-19(21,22)29-13-5-1-10(2-6-13)17-24-15(11-7-8-23-14(26)9-11)16(18(27)28)25(17)12-3-4-12/h1-2,5-9,12H,3-4H2,(H,23,26)(H,27,28). The van der Waals surface area contributed by atoms with Crippen LogP contribution in [0.4, 0.5) is 13.2 Å². The number of pyridine rings is 1. The van der Waals surface area contributed by atoms with Gasteiger partial charge < -0.3 is 19.4 Å². The van der Waals surface area contributed by atoms with Gasteiger partial charge in [-0.2, -0.15) is 0 Å². The van der Waals surface area contributed by atoms with Crippen LogP contribution in [0.1, 0.15) is 29.4 Å².